The van der Waals surface area contributed by atoms with E-state index in [1.54, 1.807) is 14.2 Å². The molecule has 6 nitrogen and oxygen atoms in total. The molecule has 1 aromatic carbocycles. The van der Waals surface area contributed by atoms with E-state index in [0.29, 0.717) is 24.9 Å². The summed E-state index contributed by atoms with van der Waals surface area (Å²) >= 11 is 0. The van der Waals surface area contributed by atoms with Crippen molar-refractivity contribution in [2.45, 2.75) is 26.9 Å². The monoisotopic (exact) mass is 302 g/mol. The first-order valence-electron chi connectivity index (χ1n) is 7.12. The standard InChI is InChI=1S/C16H22N4O2/c1-11-12(2)22-15(20-11)10-19-16(17-3)18-9-13-6-5-7-14(8-13)21-4/h5-8H,9-10H2,1-4H3,(H2,17,18,19). The lowest BCUT2D eigenvalue weighted by Gasteiger charge is -2.11. The number of aryl methyl sites for hydroxylation is 2. The summed E-state index contributed by atoms with van der Waals surface area (Å²) in [7, 11) is 3.39. The van der Waals surface area contributed by atoms with E-state index in [4.69, 9.17) is 9.15 Å². The maximum Gasteiger partial charge on any atom is 0.214 e. The summed E-state index contributed by atoms with van der Waals surface area (Å²) in [5.74, 6) is 3.03. The Bertz CT molecular complexity index is 630. The van der Waals surface area contributed by atoms with E-state index in [2.05, 4.69) is 20.6 Å². The van der Waals surface area contributed by atoms with E-state index >= 15 is 0 Å². The lowest BCUT2D eigenvalue weighted by atomic mass is 10.2. The molecular formula is C16H22N4O2. The average molecular weight is 302 g/mol. The van der Waals surface area contributed by atoms with Gasteiger partial charge in [-0.25, -0.2) is 4.98 Å². The molecule has 0 atom stereocenters. The van der Waals surface area contributed by atoms with Crippen molar-refractivity contribution >= 4 is 5.96 Å². The van der Waals surface area contributed by atoms with Crippen molar-refractivity contribution < 1.29 is 9.15 Å². The Morgan fingerprint density at radius 3 is 2.68 bits per heavy atom. The summed E-state index contributed by atoms with van der Waals surface area (Å²) in [5.41, 5.74) is 2.03. The molecule has 0 aliphatic carbocycles. The minimum atomic E-state index is 0.493. The average Bonchev–Trinajstić information content (AvgIpc) is 2.86. The fraction of sp³-hybridized carbons (Fsp3) is 0.375. The van der Waals surface area contributed by atoms with Crippen LogP contribution in [0.25, 0.3) is 0 Å². The molecule has 22 heavy (non-hydrogen) atoms. The van der Waals surface area contributed by atoms with E-state index in [-0.39, 0.29) is 0 Å². The fourth-order valence-electron chi connectivity index (χ4n) is 1.96. The van der Waals surface area contributed by atoms with Gasteiger partial charge in [-0.2, -0.15) is 0 Å². The number of hydrogen-bond acceptors (Lipinski definition) is 4. The van der Waals surface area contributed by atoms with E-state index in [1.807, 2.05) is 38.1 Å². The SMILES string of the molecule is CN=C(NCc1cccc(OC)c1)NCc1nc(C)c(C)o1. The molecule has 0 fully saturated rings. The normalized spacial score (nSPS) is 11.4. The molecule has 0 aliphatic heterocycles. The smallest absolute Gasteiger partial charge is 0.214 e. The van der Waals surface area contributed by atoms with Crippen LogP contribution >= 0.6 is 0 Å². The Morgan fingerprint density at radius 2 is 2.05 bits per heavy atom. The van der Waals surface area contributed by atoms with Crippen molar-refractivity contribution in [3.8, 4) is 5.75 Å². The van der Waals surface area contributed by atoms with Gasteiger partial charge in [-0.1, -0.05) is 12.1 Å². The predicted octanol–water partition coefficient (Wildman–Crippen LogP) is 2.17. The van der Waals surface area contributed by atoms with Gasteiger partial charge in [-0.05, 0) is 31.5 Å². The molecule has 0 aliphatic rings. The second-order valence-electron chi connectivity index (χ2n) is 4.88. The number of aliphatic imine (C=N–C) groups is 1. The third-order valence-corrected chi connectivity index (χ3v) is 3.30. The quantitative estimate of drug-likeness (QED) is 0.654. The molecule has 0 spiro atoms. The highest BCUT2D eigenvalue weighted by atomic mass is 16.5. The molecule has 6 heteroatoms. The summed E-state index contributed by atoms with van der Waals surface area (Å²) < 4.78 is 10.7. The summed E-state index contributed by atoms with van der Waals surface area (Å²) in [6.45, 7) is 4.98. The van der Waals surface area contributed by atoms with Crippen LogP contribution in [-0.4, -0.2) is 25.1 Å². The first-order valence-corrected chi connectivity index (χ1v) is 7.12. The number of nitrogens with one attached hydrogen (secondary N) is 2. The summed E-state index contributed by atoms with van der Waals surface area (Å²) in [6, 6.07) is 7.90. The molecule has 0 unspecified atom stereocenters. The van der Waals surface area contributed by atoms with Gasteiger partial charge >= 0.3 is 0 Å². The van der Waals surface area contributed by atoms with Gasteiger partial charge in [0.2, 0.25) is 5.89 Å². The van der Waals surface area contributed by atoms with Crippen molar-refractivity contribution in [3.05, 3.63) is 47.2 Å². The number of ether oxygens (including phenoxy) is 1. The lowest BCUT2D eigenvalue weighted by molar-refractivity contribution is 0.414. The van der Waals surface area contributed by atoms with Crippen LogP contribution in [0.1, 0.15) is 22.9 Å². The number of aromatic nitrogens is 1. The topological polar surface area (TPSA) is 71.7 Å². The third kappa shape index (κ3) is 4.25. The van der Waals surface area contributed by atoms with Crippen LogP contribution in [0, 0.1) is 13.8 Å². The molecule has 2 aromatic rings. The van der Waals surface area contributed by atoms with Crippen molar-refractivity contribution in [1.29, 1.82) is 0 Å². The zero-order valence-electron chi connectivity index (χ0n) is 13.4. The maximum absolute atomic E-state index is 5.53. The highest BCUT2D eigenvalue weighted by Crippen LogP contribution is 2.12. The largest absolute Gasteiger partial charge is 0.497 e. The van der Waals surface area contributed by atoms with Gasteiger partial charge in [0.25, 0.3) is 0 Å². The van der Waals surface area contributed by atoms with Gasteiger partial charge in [-0.3, -0.25) is 4.99 Å². The molecule has 0 radical (unpaired) electrons. The molecular weight excluding hydrogens is 280 g/mol. The van der Waals surface area contributed by atoms with Crippen LogP contribution in [0.2, 0.25) is 0 Å². The molecule has 0 saturated carbocycles. The Hall–Kier alpha value is -2.50. The predicted molar refractivity (Wildman–Crippen MR) is 86.0 cm³/mol. The van der Waals surface area contributed by atoms with E-state index in [1.165, 1.54) is 0 Å². The second-order valence-corrected chi connectivity index (χ2v) is 4.88. The Morgan fingerprint density at radius 1 is 1.27 bits per heavy atom. The van der Waals surface area contributed by atoms with Crippen LogP contribution in [0.3, 0.4) is 0 Å². The van der Waals surface area contributed by atoms with E-state index < -0.39 is 0 Å². The first-order chi connectivity index (χ1) is 10.6. The van der Waals surface area contributed by atoms with Crippen LogP contribution in [0.4, 0.5) is 0 Å². The summed E-state index contributed by atoms with van der Waals surface area (Å²) in [4.78, 5) is 8.51. The van der Waals surface area contributed by atoms with Crippen LogP contribution in [0.15, 0.2) is 33.7 Å². The molecule has 2 N–H and O–H groups in total. The Balaban J connectivity index is 1.87. The van der Waals surface area contributed by atoms with Crippen molar-refractivity contribution in [3.63, 3.8) is 0 Å². The molecule has 0 saturated heterocycles. The van der Waals surface area contributed by atoms with Crippen molar-refractivity contribution in [2.75, 3.05) is 14.2 Å². The summed E-state index contributed by atoms with van der Waals surface area (Å²) in [6.07, 6.45) is 0. The van der Waals surface area contributed by atoms with Gasteiger partial charge in [0, 0.05) is 13.6 Å². The molecule has 0 bridgehead atoms. The van der Waals surface area contributed by atoms with Gasteiger partial charge < -0.3 is 19.8 Å². The number of rotatable bonds is 5. The second kappa shape index (κ2) is 7.49. The molecule has 1 aromatic heterocycles. The van der Waals surface area contributed by atoms with Crippen LogP contribution in [-0.2, 0) is 13.1 Å². The minimum Gasteiger partial charge on any atom is -0.497 e. The Kier molecular flexibility index (Phi) is 5.41. The zero-order valence-corrected chi connectivity index (χ0v) is 13.4. The maximum atomic E-state index is 5.53. The number of methoxy groups -OCH3 is 1. The highest BCUT2D eigenvalue weighted by molar-refractivity contribution is 5.79. The molecule has 0 amide bonds. The van der Waals surface area contributed by atoms with Gasteiger partial charge in [0.15, 0.2) is 5.96 Å². The first kappa shape index (κ1) is 15.9. The molecule has 118 valence electrons. The number of guanidine groups is 1. The third-order valence-electron chi connectivity index (χ3n) is 3.30. The Labute approximate surface area is 130 Å². The van der Waals surface area contributed by atoms with Gasteiger partial charge in [0.05, 0.1) is 19.3 Å². The van der Waals surface area contributed by atoms with E-state index in [0.717, 1.165) is 22.8 Å². The van der Waals surface area contributed by atoms with Gasteiger partial charge in [-0.15, -0.1) is 0 Å². The van der Waals surface area contributed by atoms with Crippen LogP contribution < -0.4 is 15.4 Å². The zero-order chi connectivity index (χ0) is 15.9. The lowest BCUT2D eigenvalue weighted by Crippen LogP contribution is -2.36. The van der Waals surface area contributed by atoms with Crippen molar-refractivity contribution in [1.82, 2.24) is 15.6 Å². The number of nitrogens with zero attached hydrogens (tertiary/aromatic N) is 2. The molecule has 2 rings (SSSR count). The van der Waals surface area contributed by atoms with Gasteiger partial charge in [0.1, 0.15) is 11.5 Å². The van der Waals surface area contributed by atoms with E-state index in [9.17, 15) is 0 Å². The minimum absolute atomic E-state index is 0.493. The number of hydrogen-bond donors (Lipinski definition) is 2. The highest BCUT2D eigenvalue weighted by Gasteiger charge is 2.06. The fourth-order valence-corrected chi connectivity index (χ4v) is 1.96. The van der Waals surface area contributed by atoms with Crippen molar-refractivity contribution in [2.24, 2.45) is 4.99 Å². The van der Waals surface area contributed by atoms with Crippen LogP contribution in [0.5, 0.6) is 5.75 Å². The molecule has 1 heterocycles. The summed E-state index contributed by atoms with van der Waals surface area (Å²) in [5, 5.41) is 6.42. The number of oxazole rings is 1. The number of benzene rings is 1.